The van der Waals surface area contributed by atoms with Crippen molar-refractivity contribution in [2.45, 2.75) is 26.3 Å². The monoisotopic (exact) mass is 217 g/mol. The Kier molecular flexibility index (Phi) is 3.09. The molecule has 80 valence electrons. The van der Waals surface area contributed by atoms with Crippen LogP contribution in [0.4, 0.5) is 0 Å². The summed E-state index contributed by atoms with van der Waals surface area (Å²) in [6.07, 6.45) is 0.687. The highest BCUT2D eigenvalue weighted by atomic mass is 32.1. The lowest BCUT2D eigenvalue weighted by Crippen LogP contribution is -2.43. The van der Waals surface area contributed by atoms with E-state index in [0.717, 1.165) is 0 Å². The second kappa shape index (κ2) is 3.81. The number of hydrogen-bond donors (Lipinski definition) is 2. The van der Waals surface area contributed by atoms with Crippen LogP contribution < -0.4 is 0 Å². The van der Waals surface area contributed by atoms with Crippen LogP contribution in [-0.4, -0.2) is 40.2 Å². The molecule has 0 radical (unpaired) electrons. The number of rotatable bonds is 3. The molecule has 1 aliphatic heterocycles. The van der Waals surface area contributed by atoms with E-state index in [1.807, 2.05) is 6.92 Å². The van der Waals surface area contributed by atoms with E-state index in [-0.39, 0.29) is 5.91 Å². The van der Waals surface area contributed by atoms with E-state index >= 15 is 0 Å². The molecule has 5 heteroatoms. The number of hydrogen-bond acceptors (Lipinski definition) is 3. The number of aliphatic carboxylic acids is 1. The molecule has 0 aromatic heterocycles. The van der Waals surface area contributed by atoms with Crippen LogP contribution in [0.15, 0.2) is 0 Å². The third-order valence-corrected chi connectivity index (χ3v) is 3.55. The first-order chi connectivity index (χ1) is 6.42. The van der Waals surface area contributed by atoms with Gasteiger partial charge in [0, 0.05) is 12.3 Å². The average Bonchev–Trinajstić information content (AvgIpc) is 2.44. The first kappa shape index (κ1) is 11.4. The maximum atomic E-state index is 11.8. The van der Waals surface area contributed by atoms with Crippen molar-refractivity contribution in [1.29, 1.82) is 0 Å². The van der Waals surface area contributed by atoms with Crippen molar-refractivity contribution in [3.63, 3.8) is 0 Å². The predicted octanol–water partition coefficient (Wildman–Crippen LogP) is 0.628. The highest BCUT2D eigenvalue weighted by Gasteiger charge is 2.44. The maximum absolute atomic E-state index is 11.8. The second-order valence-corrected chi connectivity index (χ2v) is 4.30. The molecule has 2 atom stereocenters. The zero-order valence-electron chi connectivity index (χ0n) is 8.36. The van der Waals surface area contributed by atoms with Gasteiger partial charge in [-0.2, -0.15) is 12.6 Å². The molecule has 0 bridgehead atoms. The topological polar surface area (TPSA) is 57.6 Å². The smallest absolute Gasteiger partial charge is 0.326 e. The minimum Gasteiger partial charge on any atom is -0.480 e. The summed E-state index contributed by atoms with van der Waals surface area (Å²) in [4.78, 5) is 24.0. The molecule has 1 heterocycles. The van der Waals surface area contributed by atoms with Gasteiger partial charge in [0.2, 0.25) is 5.91 Å². The first-order valence-electron chi connectivity index (χ1n) is 4.57. The Bertz CT molecular complexity index is 269. The largest absolute Gasteiger partial charge is 0.480 e. The van der Waals surface area contributed by atoms with Gasteiger partial charge in [0.25, 0.3) is 0 Å². The lowest BCUT2D eigenvalue weighted by molar-refractivity contribution is -0.149. The minimum absolute atomic E-state index is 0.0950. The Morgan fingerprint density at radius 1 is 1.79 bits per heavy atom. The normalized spacial score (nSPS) is 29.4. The molecule has 1 saturated heterocycles. The van der Waals surface area contributed by atoms with Gasteiger partial charge in [-0.1, -0.05) is 0 Å². The lowest BCUT2D eigenvalue weighted by Gasteiger charge is -2.24. The number of carbonyl (C=O) groups is 2. The van der Waals surface area contributed by atoms with Crippen molar-refractivity contribution >= 4 is 24.5 Å². The number of amides is 1. The van der Waals surface area contributed by atoms with E-state index in [2.05, 4.69) is 12.6 Å². The quantitative estimate of drug-likeness (QED) is 0.682. The fourth-order valence-electron chi connectivity index (χ4n) is 1.57. The van der Waals surface area contributed by atoms with E-state index in [4.69, 9.17) is 5.11 Å². The maximum Gasteiger partial charge on any atom is 0.326 e. The fraction of sp³-hybridized carbons (Fsp3) is 0.778. The van der Waals surface area contributed by atoms with Gasteiger partial charge in [-0.25, -0.2) is 4.79 Å². The number of carboxylic acid groups (broad SMARTS) is 1. The van der Waals surface area contributed by atoms with Crippen molar-refractivity contribution in [3.05, 3.63) is 0 Å². The van der Waals surface area contributed by atoms with Crippen LogP contribution in [0, 0.1) is 5.41 Å². The van der Waals surface area contributed by atoms with E-state index in [1.165, 1.54) is 11.8 Å². The molecule has 14 heavy (non-hydrogen) atoms. The Hall–Kier alpha value is -0.710. The molecule has 0 aromatic carbocycles. The van der Waals surface area contributed by atoms with Gasteiger partial charge in [-0.3, -0.25) is 4.79 Å². The first-order valence-corrected chi connectivity index (χ1v) is 5.20. The van der Waals surface area contributed by atoms with E-state index in [1.54, 1.807) is 0 Å². The fourth-order valence-corrected chi connectivity index (χ4v) is 1.87. The van der Waals surface area contributed by atoms with Gasteiger partial charge in [0.05, 0.1) is 5.41 Å². The van der Waals surface area contributed by atoms with Gasteiger partial charge in [0.15, 0.2) is 0 Å². The van der Waals surface area contributed by atoms with Gasteiger partial charge >= 0.3 is 5.97 Å². The highest BCUT2D eigenvalue weighted by Crippen LogP contribution is 2.33. The van der Waals surface area contributed by atoms with Crippen LogP contribution in [0.1, 0.15) is 20.3 Å². The SMILES string of the molecule is C[C@@H](C(=O)O)N1CCC(C)(CS)C1=O. The molecule has 1 rings (SSSR count). The number of thiol groups is 1. The summed E-state index contributed by atoms with van der Waals surface area (Å²) in [7, 11) is 0. The molecular weight excluding hydrogens is 202 g/mol. The molecule has 1 aliphatic rings. The van der Waals surface area contributed by atoms with Gasteiger partial charge in [-0.05, 0) is 20.3 Å². The number of nitrogens with zero attached hydrogens (tertiary/aromatic N) is 1. The molecule has 0 saturated carbocycles. The predicted molar refractivity (Wildman–Crippen MR) is 55.4 cm³/mol. The molecule has 1 amide bonds. The van der Waals surface area contributed by atoms with Gasteiger partial charge in [0.1, 0.15) is 6.04 Å². The Balaban J connectivity index is 2.79. The standard InChI is InChI=1S/C9H15NO3S/c1-6(7(11)12)10-4-3-9(2,5-14)8(10)13/h6,14H,3-5H2,1-2H3,(H,11,12)/t6-,9?/m0/s1. The van der Waals surface area contributed by atoms with Crippen LogP contribution in [0.25, 0.3) is 0 Å². The third kappa shape index (κ3) is 1.73. The molecule has 1 N–H and O–H groups in total. The highest BCUT2D eigenvalue weighted by molar-refractivity contribution is 7.80. The summed E-state index contributed by atoms with van der Waals surface area (Å²) in [6, 6.07) is -0.732. The number of carbonyl (C=O) groups excluding carboxylic acids is 1. The van der Waals surface area contributed by atoms with Crippen molar-refractivity contribution in [2.75, 3.05) is 12.3 Å². The van der Waals surface area contributed by atoms with Crippen molar-refractivity contribution < 1.29 is 14.7 Å². The number of carboxylic acids is 1. The number of likely N-dealkylation sites (tertiary alicyclic amines) is 1. The van der Waals surface area contributed by atoms with Crippen molar-refractivity contribution in [3.8, 4) is 0 Å². The van der Waals surface area contributed by atoms with Crippen LogP contribution >= 0.6 is 12.6 Å². The summed E-state index contributed by atoms with van der Waals surface area (Å²) in [6.45, 7) is 3.88. The summed E-state index contributed by atoms with van der Waals surface area (Å²) in [5.74, 6) is -0.585. The molecule has 1 unspecified atom stereocenters. The van der Waals surface area contributed by atoms with Crippen LogP contribution in [0.3, 0.4) is 0 Å². The summed E-state index contributed by atoms with van der Waals surface area (Å²) >= 11 is 4.13. The van der Waals surface area contributed by atoms with Gasteiger partial charge < -0.3 is 10.0 Å². The van der Waals surface area contributed by atoms with Crippen molar-refractivity contribution in [2.24, 2.45) is 5.41 Å². The van der Waals surface area contributed by atoms with E-state index < -0.39 is 17.4 Å². The Morgan fingerprint density at radius 3 is 2.71 bits per heavy atom. The Labute approximate surface area is 88.7 Å². The molecule has 4 nitrogen and oxygen atoms in total. The minimum atomic E-state index is -0.957. The van der Waals surface area contributed by atoms with E-state index in [9.17, 15) is 9.59 Å². The average molecular weight is 217 g/mol. The Morgan fingerprint density at radius 2 is 2.36 bits per heavy atom. The summed E-state index contributed by atoms with van der Waals surface area (Å²) in [5, 5.41) is 8.79. The van der Waals surface area contributed by atoms with Crippen LogP contribution in [0.5, 0.6) is 0 Å². The van der Waals surface area contributed by atoms with Gasteiger partial charge in [-0.15, -0.1) is 0 Å². The lowest BCUT2D eigenvalue weighted by atomic mass is 9.92. The van der Waals surface area contributed by atoms with Crippen molar-refractivity contribution in [1.82, 2.24) is 4.90 Å². The molecular formula is C9H15NO3S. The molecule has 0 aliphatic carbocycles. The summed E-state index contributed by atoms with van der Waals surface area (Å²) < 4.78 is 0. The van der Waals surface area contributed by atoms with Crippen LogP contribution in [-0.2, 0) is 9.59 Å². The molecule has 1 fully saturated rings. The zero-order chi connectivity index (χ0) is 10.9. The summed E-state index contributed by atoms with van der Waals surface area (Å²) in [5.41, 5.74) is -0.479. The third-order valence-electron chi connectivity index (χ3n) is 2.86. The van der Waals surface area contributed by atoms with Crippen LogP contribution in [0.2, 0.25) is 0 Å². The molecule has 0 spiro atoms. The second-order valence-electron chi connectivity index (χ2n) is 3.98. The zero-order valence-corrected chi connectivity index (χ0v) is 9.25. The molecule has 0 aromatic rings. The van der Waals surface area contributed by atoms with E-state index in [0.29, 0.717) is 18.7 Å².